The molecule has 0 amide bonds. The van der Waals surface area contributed by atoms with E-state index in [2.05, 4.69) is 16.3 Å². The molecule has 0 spiro atoms. The van der Waals surface area contributed by atoms with Gasteiger partial charge in [-0.05, 0) is 12.7 Å². The standard InChI is InChI=1S/C7H13NO2S.ClH/c1-10-7(9)6-3-5(11-2)4-8-6;/h5-6,8H,3-4H2,1-2H3;1H/t5-,6+;/m1./s1. The molecule has 0 unspecified atom stereocenters. The van der Waals surface area contributed by atoms with Crippen molar-refractivity contribution in [1.29, 1.82) is 0 Å². The van der Waals surface area contributed by atoms with Crippen LogP contribution in [-0.2, 0) is 9.53 Å². The zero-order chi connectivity index (χ0) is 8.27. The summed E-state index contributed by atoms with van der Waals surface area (Å²) in [5, 5.41) is 3.68. The maximum absolute atomic E-state index is 11.0. The van der Waals surface area contributed by atoms with Gasteiger partial charge in [0.2, 0.25) is 0 Å². The predicted octanol–water partition coefficient (Wildman–Crippen LogP) is 0.675. The lowest BCUT2D eigenvalue weighted by Gasteiger charge is -2.05. The summed E-state index contributed by atoms with van der Waals surface area (Å²) in [6.45, 7) is 0.918. The zero-order valence-electron chi connectivity index (χ0n) is 7.20. The van der Waals surface area contributed by atoms with Crippen LogP contribution in [0.3, 0.4) is 0 Å². The van der Waals surface area contributed by atoms with E-state index < -0.39 is 0 Å². The fourth-order valence-corrected chi connectivity index (χ4v) is 1.85. The van der Waals surface area contributed by atoms with Gasteiger partial charge in [0.15, 0.2) is 0 Å². The van der Waals surface area contributed by atoms with E-state index in [0.717, 1.165) is 13.0 Å². The van der Waals surface area contributed by atoms with E-state index in [-0.39, 0.29) is 24.4 Å². The Morgan fingerprint density at radius 3 is 2.75 bits per heavy atom. The highest BCUT2D eigenvalue weighted by molar-refractivity contribution is 7.99. The topological polar surface area (TPSA) is 38.3 Å². The Morgan fingerprint density at radius 2 is 2.33 bits per heavy atom. The number of hydrogen-bond donors (Lipinski definition) is 1. The molecule has 0 aromatic rings. The second kappa shape index (κ2) is 5.67. The van der Waals surface area contributed by atoms with Crippen molar-refractivity contribution in [2.75, 3.05) is 19.9 Å². The molecule has 0 aliphatic carbocycles. The summed E-state index contributed by atoms with van der Waals surface area (Å²) >= 11 is 1.79. The van der Waals surface area contributed by atoms with E-state index in [1.807, 2.05) is 0 Å². The third kappa shape index (κ3) is 2.84. The van der Waals surface area contributed by atoms with E-state index in [9.17, 15) is 4.79 Å². The van der Waals surface area contributed by atoms with Gasteiger partial charge in [0.05, 0.1) is 7.11 Å². The third-order valence-electron chi connectivity index (χ3n) is 1.91. The van der Waals surface area contributed by atoms with Gasteiger partial charge in [-0.3, -0.25) is 4.79 Å². The van der Waals surface area contributed by atoms with Crippen LogP contribution in [0.2, 0.25) is 0 Å². The number of carbonyl (C=O) groups is 1. The molecule has 1 heterocycles. The number of methoxy groups -OCH3 is 1. The van der Waals surface area contributed by atoms with Crippen LogP contribution in [0.1, 0.15) is 6.42 Å². The van der Waals surface area contributed by atoms with Crippen LogP contribution >= 0.6 is 24.2 Å². The molecule has 2 atom stereocenters. The number of esters is 1. The molecule has 12 heavy (non-hydrogen) atoms. The van der Waals surface area contributed by atoms with Crippen LogP contribution in [0.15, 0.2) is 0 Å². The normalized spacial score (nSPS) is 27.8. The summed E-state index contributed by atoms with van der Waals surface area (Å²) in [5.74, 6) is -0.137. The highest BCUT2D eigenvalue weighted by Gasteiger charge is 2.29. The van der Waals surface area contributed by atoms with Crippen molar-refractivity contribution in [3.63, 3.8) is 0 Å². The zero-order valence-corrected chi connectivity index (χ0v) is 8.83. The average molecular weight is 212 g/mol. The Balaban J connectivity index is 0.00000121. The lowest BCUT2D eigenvalue weighted by Crippen LogP contribution is -2.31. The molecule has 0 aromatic carbocycles. The van der Waals surface area contributed by atoms with Crippen LogP contribution in [0, 0.1) is 0 Å². The molecule has 0 radical (unpaired) electrons. The molecular formula is C7H14ClNO2S. The minimum atomic E-state index is -0.137. The fraction of sp³-hybridized carbons (Fsp3) is 0.857. The van der Waals surface area contributed by atoms with E-state index in [1.165, 1.54) is 7.11 Å². The molecule has 1 saturated heterocycles. The summed E-state index contributed by atoms with van der Waals surface area (Å²) in [5.41, 5.74) is 0. The van der Waals surface area contributed by atoms with Gasteiger partial charge in [0.1, 0.15) is 6.04 Å². The summed E-state index contributed by atoms with van der Waals surface area (Å²) in [4.78, 5) is 11.0. The van der Waals surface area contributed by atoms with Gasteiger partial charge in [-0.25, -0.2) is 0 Å². The van der Waals surface area contributed by atoms with E-state index in [0.29, 0.717) is 5.25 Å². The molecule has 1 N–H and O–H groups in total. The van der Waals surface area contributed by atoms with Crippen LogP contribution in [0.4, 0.5) is 0 Å². The number of ether oxygens (including phenoxy) is 1. The van der Waals surface area contributed by atoms with Crippen molar-refractivity contribution in [1.82, 2.24) is 5.32 Å². The second-order valence-corrected chi connectivity index (χ2v) is 3.72. The van der Waals surface area contributed by atoms with Crippen molar-refractivity contribution < 1.29 is 9.53 Å². The van der Waals surface area contributed by atoms with E-state index >= 15 is 0 Å². The number of thioether (sulfide) groups is 1. The van der Waals surface area contributed by atoms with Crippen molar-refractivity contribution in [3.8, 4) is 0 Å². The first kappa shape index (κ1) is 12.1. The van der Waals surface area contributed by atoms with Crippen molar-refractivity contribution >= 4 is 30.1 Å². The maximum atomic E-state index is 11.0. The number of rotatable bonds is 2. The summed E-state index contributed by atoms with van der Waals surface area (Å²) in [7, 11) is 1.43. The molecule has 5 heteroatoms. The SMILES string of the molecule is COC(=O)[C@@H]1C[C@@H](SC)CN1.Cl. The molecule has 1 rings (SSSR count). The Bertz CT molecular complexity index is 156. The summed E-state index contributed by atoms with van der Waals surface area (Å²) in [6, 6.07) is -0.0718. The number of carbonyl (C=O) groups excluding carboxylic acids is 1. The van der Waals surface area contributed by atoms with Gasteiger partial charge in [-0.2, -0.15) is 11.8 Å². The van der Waals surface area contributed by atoms with E-state index in [4.69, 9.17) is 0 Å². The monoisotopic (exact) mass is 211 g/mol. The third-order valence-corrected chi connectivity index (χ3v) is 2.94. The first-order valence-electron chi connectivity index (χ1n) is 3.62. The minimum absolute atomic E-state index is 0. The molecule has 0 saturated carbocycles. The van der Waals surface area contributed by atoms with Crippen molar-refractivity contribution in [3.05, 3.63) is 0 Å². The molecule has 72 valence electrons. The fourth-order valence-electron chi connectivity index (χ4n) is 1.20. The average Bonchev–Trinajstić information content (AvgIpc) is 2.50. The highest BCUT2D eigenvalue weighted by atomic mass is 35.5. The number of halogens is 1. The molecule has 3 nitrogen and oxygen atoms in total. The van der Waals surface area contributed by atoms with Crippen molar-refractivity contribution in [2.45, 2.75) is 17.7 Å². The Morgan fingerprint density at radius 1 is 1.67 bits per heavy atom. The second-order valence-electron chi connectivity index (χ2n) is 2.58. The maximum Gasteiger partial charge on any atom is 0.322 e. The largest absolute Gasteiger partial charge is 0.468 e. The molecule has 1 fully saturated rings. The summed E-state index contributed by atoms with van der Waals surface area (Å²) in [6.07, 6.45) is 2.96. The Kier molecular flexibility index (Phi) is 5.70. The quantitative estimate of drug-likeness (QED) is 0.682. The van der Waals surface area contributed by atoms with Crippen LogP contribution in [0.5, 0.6) is 0 Å². The van der Waals surface area contributed by atoms with Gasteiger partial charge < -0.3 is 10.1 Å². The van der Waals surface area contributed by atoms with Crippen molar-refractivity contribution in [2.24, 2.45) is 0 Å². The smallest absolute Gasteiger partial charge is 0.322 e. The molecule has 1 aliphatic rings. The lowest BCUT2D eigenvalue weighted by molar-refractivity contribution is -0.142. The first-order chi connectivity index (χ1) is 5.27. The van der Waals surface area contributed by atoms with Crippen LogP contribution < -0.4 is 5.32 Å². The van der Waals surface area contributed by atoms with Gasteiger partial charge >= 0.3 is 5.97 Å². The molecular weight excluding hydrogens is 198 g/mol. The minimum Gasteiger partial charge on any atom is -0.468 e. The van der Waals surface area contributed by atoms with Crippen LogP contribution in [-0.4, -0.2) is 37.2 Å². The molecule has 0 aromatic heterocycles. The van der Waals surface area contributed by atoms with Crippen LogP contribution in [0.25, 0.3) is 0 Å². The first-order valence-corrected chi connectivity index (χ1v) is 4.90. The predicted molar refractivity (Wildman–Crippen MR) is 53.0 cm³/mol. The number of hydrogen-bond acceptors (Lipinski definition) is 4. The van der Waals surface area contributed by atoms with Gasteiger partial charge in [-0.15, -0.1) is 12.4 Å². The molecule has 0 bridgehead atoms. The number of nitrogens with one attached hydrogen (secondary N) is 1. The highest BCUT2D eigenvalue weighted by Crippen LogP contribution is 2.18. The van der Waals surface area contributed by atoms with Gasteiger partial charge in [0, 0.05) is 11.8 Å². The summed E-state index contributed by atoms with van der Waals surface area (Å²) < 4.78 is 4.62. The molecule has 1 aliphatic heterocycles. The van der Waals surface area contributed by atoms with E-state index in [1.54, 1.807) is 11.8 Å². The lowest BCUT2D eigenvalue weighted by atomic mass is 10.2. The Hall–Kier alpha value is 0.0700. The van der Waals surface area contributed by atoms with Gasteiger partial charge in [0.25, 0.3) is 0 Å². The van der Waals surface area contributed by atoms with Gasteiger partial charge in [-0.1, -0.05) is 0 Å². The Labute approximate surface area is 83.0 Å².